The first-order chi connectivity index (χ1) is 15.0. The number of carbonyl (C=O) groups is 1. The minimum absolute atomic E-state index is 0.134. The Morgan fingerprint density at radius 3 is 2.65 bits per heavy atom. The maximum absolute atomic E-state index is 13.5. The number of urea groups is 1. The van der Waals surface area contributed by atoms with Crippen LogP contribution in [0.2, 0.25) is 0 Å². The number of piperidine rings is 2. The van der Waals surface area contributed by atoms with E-state index in [1.165, 1.54) is 12.8 Å². The van der Waals surface area contributed by atoms with Gasteiger partial charge in [0.05, 0.1) is 11.7 Å². The highest BCUT2D eigenvalue weighted by molar-refractivity contribution is 6.04. The van der Waals surface area contributed by atoms with E-state index in [0.717, 1.165) is 67.6 Å². The molecule has 2 amide bonds. The van der Waals surface area contributed by atoms with Crippen LogP contribution in [0.3, 0.4) is 0 Å². The molecule has 0 saturated carbocycles. The summed E-state index contributed by atoms with van der Waals surface area (Å²) in [6.45, 7) is 10.2. The summed E-state index contributed by atoms with van der Waals surface area (Å²) < 4.78 is 0. The highest BCUT2D eigenvalue weighted by Gasteiger charge is 2.38. The van der Waals surface area contributed by atoms with Gasteiger partial charge in [-0.15, -0.1) is 0 Å². The van der Waals surface area contributed by atoms with E-state index in [4.69, 9.17) is 4.98 Å². The molecule has 164 valence electrons. The van der Waals surface area contributed by atoms with Gasteiger partial charge < -0.3 is 9.80 Å². The molecule has 0 radical (unpaired) electrons. The van der Waals surface area contributed by atoms with Crippen molar-refractivity contribution in [1.29, 1.82) is 0 Å². The van der Waals surface area contributed by atoms with Crippen LogP contribution in [0.25, 0.3) is 0 Å². The van der Waals surface area contributed by atoms with Crippen LogP contribution in [-0.4, -0.2) is 48.2 Å². The number of fused-ring (bicyclic) bond motifs is 4. The molecule has 0 aromatic carbocycles. The average Bonchev–Trinajstić information content (AvgIpc) is 2.73. The summed E-state index contributed by atoms with van der Waals surface area (Å²) in [4.78, 5) is 29.7. The summed E-state index contributed by atoms with van der Waals surface area (Å²) in [5.41, 5.74) is 3.05. The molecule has 5 heterocycles. The van der Waals surface area contributed by atoms with Crippen molar-refractivity contribution in [3.05, 3.63) is 35.5 Å². The maximum atomic E-state index is 13.5. The van der Waals surface area contributed by atoms with Crippen molar-refractivity contribution >= 4 is 29.2 Å². The lowest BCUT2D eigenvalue weighted by atomic mass is 9.99. The molecule has 1 unspecified atom stereocenters. The van der Waals surface area contributed by atoms with Gasteiger partial charge >= 0.3 is 6.03 Å². The number of hydrogen-bond acceptors (Lipinski definition) is 5. The lowest BCUT2D eigenvalue weighted by Gasteiger charge is -2.46. The van der Waals surface area contributed by atoms with Crippen molar-refractivity contribution in [2.45, 2.75) is 52.5 Å². The summed E-state index contributed by atoms with van der Waals surface area (Å²) in [5.74, 6) is 3.04. The van der Waals surface area contributed by atoms with E-state index in [1.807, 2.05) is 30.9 Å². The van der Waals surface area contributed by atoms with Gasteiger partial charge in [0.15, 0.2) is 5.82 Å². The molecule has 2 bridgehead atoms. The van der Waals surface area contributed by atoms with Gasteiger partial charge in [-0.25, -0.2) is 14.8 Å². The van der Waals surface area contributed by atoms with Crippen molar-refractivity contribution in [2.24, 2.45) is 5.92 Å². The molecule has 2 aromatic rings. The van der Waals surface area contributed by atoms with Crippen molar-refractivity contribution in [3.63, 3.8) is 0 Å². The molecule has 2 atom stereocenters. The number of nitrogens with zero attached hydrogens (tertiary/aromatic N) is 5. The number of anilines is 4. The van der Waals surface area contributed by atoms with Crippen LogP contribution in [0.15, 0.2) is 24.3 Å². The Bertz CT molecular complexity index is 972. The van der Waals surface area contributed by atoms with Gasteiger partial charge in [0, 0.05) is 31.9 Å². The topological polar surface area (TPSA) is 64.6 Å². The Balaban J connectivity index is 1.49. The Morgan fingerprint density at radius 2 is 1.84 bits per heavy atom. The number of aromatic nitrogens is 2. The van der Waals surface area contributed by atoms with Crippen molar-refractivity contribution in [3.8, 4) is 0 Å². The number of amides is 2. The summed E-state index contributed by atoms with van der Waals surface area (Å²) in [5, 5.41) is 3.05. The molecule has 0 spiro atoms. The zero-order chi connectivity index (χ0) is 21.5. The van der Waals surface area contributed by atoms with E-state index < -0.39 is 0 Å². The maximum Gasteiger partial charge on any atom is 0.329 e. The smallest absolute Gasteiger partial charge is 0.329 e. The molecule has 5 rings (SSSR count). The van der Waals surface area contributed by atoms with Gasteiger partial charge in [0.25, 0.3) is 0 Å². The van der Waals surface area contributed by atoms with Gasteiger partial charge in [-0.2, -0.15) is 0 Å². The lowest BCUT2D eigenvalue weighted by Crippen LogP contribution is -2.56. The Hall–Kier alpha value is -2.83. The van der Waals surface area contributed by atoms with E-state index in [2.05, 4.69) is 39.2 Å². The Labute approximate surface area is 184 Å². The van der Waals surface area contributed by atoms with Crippen LogP contribution in [0.4, 0.5) is 27.9 Å². The summed E-state index contributed by atoms with van der Waals surface area (Å²) in [7, 11) is 0. The number of hydrogen-bond donors (Lipinski definition) is 1. The van der Waals surface area contributed by atoms with E-state index in [9.17, 15) is 4.79 Å². The first kappa shape index (κ1) is 20.1. The second-order valence-electron chi connectivity index (χ2n) is 9.42. The molecule has 2 aromatic heterocycles. The minimum Gasteiger partial charge on any atom is -0.366 e. The predicted molar refractivity (Wildman–Crippen MR) is 125 cm³/mol. The van der Waals surface area contributed by atoms with Crippen LogP contribution in [-0.2, 0) is 0 Å². The third kappa shape index (κ3) is 3.93. The van der Waals surface area contributed by atoms with Crippen LogP contribution in [0.5, 0.6) is 0 Å². The number of nitrogens with one attached hydrogen (secondary N) is 1. The monoisotopic (exact) mass is 420 g/mol. The molecule has 7 nitrogen and oxygen atoms in total. The fourth-order valence-corrected chi connectivity index (χ4v) is 5.32. The van der Waals surface area contributed by atoms with Crippen LogP contribution >= 0.6 is 0 Å². The first-order valence-electron chi connectivity index (χ1n) is 11.5. The van der Waals surface area contributed by atoms with Crippen LogP contribution in [0, 0.1) is 19.8 Å². The lowest BCUT2D eigenvalue weighted by molar-refractivity contribution is 0.252. The van der Waals surface area contributed by atoms with Gasteiger partial charge in [-0.3, -0.25) is 10.2 Å². The van der Waals surface area contributed by atoms with Crippen LogP contribution in [0.1, 0.15) is 43.9 Å². The van der Waals surface area contributed by atoms with Crippen molar-refractivity contribution in [1.82, 2.24) is 9.97 Å². The standard InChI is InChI=1S/C24H32N6O/c1-16-6-4-11-29(14-16)22-9-8-20-23(27-22)30(19-7-5-10-28(20)15-19)24(31)26-21-13-17(2)12-18(3)25-21/h8-9,12-13,16,19H,4-7,10-11,14-15H2,1-3H3,(H,25,26,31)/t16?,19-/m0/s1. The Morgan fingerprint density at radius 1 is 1.03 bits per heavy atom. The average molecular weight is 421 g/mol. The first-order valence-corrected chi connectivity index (χ1v) is 11.5. The predicted octanol–water partition coefficient (Wildman–Crippen LogP) is 4.35. The molecule has 3 aliphatic heterocycles. The zero-order valence-electron chi connectivity index (χ0n) is 18.8. The summed E-state index contributed by atoms with van der Waals surface area (Å²) in [6, 6.07) is 8.22. The normalized spacial score (nSPS) is 22.9. The summed E-state index contributed by atoms with van der Waals surface area (Å²) in [6.07, 6.45) is 4.55. The van der Waals surface area contributed by atoms with Crippen LogP contribution < -0.4 is 20.0 Å². The second kappa shape index (κ2) is 8.02. The van der Waals surface area contributed by atoms with E-state index >= 15 is 0 Å². The van der Waals surface area contributed by atoms with E-state index in [-0.39, 0.29) is 12.1 Å². The molecule has 7 heteroatoms. The van der Waals surface area contributed by atoms with Crippen molar-refractivity contribution < 1.29 is 4.79 Å². The number of aryl methyl sites for hydroxylation is 2. The molecule has 2 fully saturated rings. The SMILES string of the molecule is Cc1cc(C)nc(NC(=O)N2c3nc(N4CCCC(C)C4)ccc3N3CCC[C@H]2C3)c1. The number of carbonyl (C=O) groups excluding carboxylic acids is 1. The fourth-order valence-electron chi connectivity index (χ4n) is 5.32. The summed E-state index contributed by atoms with van der Waals surface area (Å²) >= 11 is 0. The molecule has 3 aliphatic rings. The zero-order valence-corrected chi connectivity index (χ0v) is 18.8. The fraction of sp³-hybridized carbons (Fsp3) is 0.542. The van der Waals surface area contributed by atoms with Gasteiger partial charge in [0.1, 0.15) is 11.6 Å². The van der Waals surface area contributed by atoms with Gasteiger partial charge in [-0.1, -0.05) is 6.92 Å². The molecule has 1 N–H and O–H groups in total. The molecular formula is C24H32N6O. The molecule has 0 aliphatic carbocycles. The third-order valence-corrected chi connectivity index (χ3v) is 6.70. The van der Waals surface area contributed by atoms with E-state index in [1.54, 1.807) is 0 Å². The Kier molecular flexibility index (Phi) is 5.20. The van der Waals surface area contributed by atoms with E-state index in [0.29, 0.717) is 11.7 Å². The second-order valence-corrected chi connectivity index (χ2v) is 9.42. The van der Waals surface area contributed by atoms with Gasteiger partial charge in [0.2, 0.25) is 0 Å². The number of rotatable bonds is 2. The molecule has 2 saturated heterocycles. The largest absolute Gasteiger partial charge is 0.366 e. The highest BCUT2D eigenvalue weighted by atomic mass is 16.2. The quantitative estimate of drug-likeness (QED) is 0.782. The molecule has 31 heavy (non-hydrogen) atoms. The minimum atomic E-state index is -0.137. The van der Waals surface area contributed by atoms with Crippen molar-refractivity contribution in [2.75, 3.05) is 46.2 Å². The number of pyridine rings is 2. The third-order valence-electron chi connectivity index (χ3n) is 6.70. The molecular weight excluding hydrogens is 388 g/mol. The van der Waals surface area contributed by atoms with Gasteiger partial charge in [-0.05, 0) is 75.3 Å². The highest BCUT2D eigenvalue weighted by Crippen LogP contribution is 2.39.